The first-order valence-electron chi connectivity index (χ1n) is 10.8. The number of aromatic nitrogens is 2. The highest BCUT2D eigenvalue weighted by molar-refractivity contribution is 8.00. The molecule has 4 rings (SSSR count). The molecular weight excluding hydrogens is 562 g/mol. The van der Waals surface area contributed by atoms with E-state index in [4.69, 9.17) is 33.0 Å². The van der Waals surface area contributed by atoms with Gasteiger partial charge in [0.05, 0.1) is 0 Å². The summed E-state index contributed by atoms with van der Waals surface area (Å²) in [6.45, 7) is 1.42. The second-order valence-electron chi connectivity index (χ2n) is 8.12. The van der Waals surface area contributed by atoms with Gasteiger partial charge < -0.3 is 31.8 Å². The maximum atomic E-state index is 13.1. The second kappa shape index (κ2) is 10.8. The number of thioether (sulfide) groups is 1. The zero-order chi connectivity index (χ0) is 27.7. The largest absolute Gasteiger partial charge is 0.478 e. The summed E-state index contributed by atoms with van der Waals surface area (Å²) in [5.41, 5.74) is 11.6. The molecule has 14 nitrogen and oxygen atoms in total. The molecule has 0 bridgehead atoms. The number of nitrogens with zero attached hydrogens (tertiary/aromatic N) is 4. The molecule has 2 aromatic rings. The van der Waals surface area contributed by atoms with Gasteiger partial charge in [0.2, 0.25) is 6.10 Å². The number of nitrogen functional groups attached to an aromatic ring is 2. The van der Waals surface area contributed by atoms with Crippen LogP contribution in [-0.4, -0.2) is 72.8 Å². The number of aliphatic carboxylic acids is 2. The summed E-state index contributed by atoms with van der Waals surface area (Å²) in [5, 5.41) is 24.4. The van der Waals surface area contributed by atoms with E-state index in [1.165, 1.54) is 18.7 Å². The van der Waals surface area contributed by atoms with Crippen molar-refractivity contribution in [2.45, 2.75) is 31.0 Å². The van der Waals surface area contributed by atoms with Gasteiger partial charge in [0.1, 0.15) is 27.1 Å². The van der Waals surface area contributed by atoms with E-state index in [0.29, 0.717) is 11.3 Å². The number of halogens is 1. The summed E-state index contributed by atoms with van der Waals surface area (Å²) < 4.78 is 1.74. The van der Waals surface area contributed by atoms with Gasteiger partial charge in [0, 0.05) is 29.1 Å². The summed E-state index contributed by atoms with van der Waals surface area (Å²) in [4.78, 5) is 59.4. The minimum atomic E-state index is -1.40. The Morgan fingerprint density at radius 3 is 2.61 bits per heavy atom. The molecule has 2 amide bonds. The molecule has 3 atom stereocenters. The van der Waals surface area contributed by atoms with Gasteiger partial charge >= 0.3 is 11.9 Å². The fraction of sp³-hybridized carbons (Fsp3) is 0.286. The van der Waals surface area contributed by atoms with E-state index < -0.39 is 47.0 Å². The predicted molar refractivity (Wildman–Crippen MR) is 137 cm³/mol. The number of carboxylic acids is 2. The topological polar surface area (TPSA) is 214 Å². The van der Waals surface area contributed by atoms with Crippen LogP contribution in [0.1, 0.15) is 12.6 Å². The van der Waals surface area contributed by atoms with Crippen LogP contribution < -0.4 is 21.4 Å². The molecule has 2 aliphatic rings. The van der Waals surface area contributed by atoms with Crippen molar-refractivity contribution in [1.29, 1.82) is 0 Å². The second-order valence-corrected chi connectivity index (χ2v) is 10.9. The number of amides is 2. The van der Waals surface area contributed by atoms with E-state index in [1.807, 2.05) is 0 Å². The van der Waals surface area contributed by atoms with E-state index >= 15 is 0 Å². The highest BCUT2D eigenvalue weighted by Gasteiger charge is 2.55. The lowest BCUT2D eigenvalue weighted by Gasteiger charge is -2.49. The number of hydrogen-bond acceptors (Lipinski definition) is 11. The average Bonchev–Trinajstić information content (AvgIpc) is 3.20. The van der Waals surface area contributed by atoms with Crippen LogP contribution in [0.4, 0.5) is 10.8 Å². The number of pyridine rings is 1. The lowest BCUT2D eigenvalue weighted by atomic mass is 10.0. The van der Waals surface area contributed by atoms with Crippen molar-refractivity contribution >= 4 is 75.0 Å². The molecule has 0 radical (unpaired) electrons. The quantitative estimate of drug-likeness (QED) is 0.114. The first-order valence-corrected chi connectivity index (χ1v) is 13.1. The molecule has 2 aromatic heterocycles. The summed E-state index contributed by atoms with van der Waals surface area (Å²) in [6.07, 6.45) is 2.00. The zero-order valence-electron chi connectivity index (χ0n) is 19.5. The predicted octanol–water partition coefficient (Wildman–Crippen LogP) is -0.119. The number of anilines is 2. The molecular formula is C21H21ClN7O7S2+. The Kier molecular flexibility index (Phi) is 7.75. The van der Waals surface area contributed by atoms with Crippen LogP contribution in [0, 0.1) is 0 Å². The van der Waals surface area contributed by atoms with E-state index in [9.17, 15) is 24.3 Å². The SMILES string of the molecule is C[C@H](ON=C(C(=O)NC1C(=O)N2C(C(=O)O)=C(C[n+]3ccc(N)cc3)CSC12)c1nc(N)sc1Cl)C(=O)O. The third kappa shape index (κ3) is 5.36. The lowest BCUT2D eigenvalue weighted by molar-refractivity contribution is -0.688. The highest BCUT2D eigenvalue weighted by atomic mass is 35.5. The molecule has 2 aliphatic heterocycles. The van der Waals surface area contributed by atoms with Gasteiger partial charge in [-0.1, -0.05) is 28.1 Å². The number of carboxylic acid groups (broad SMARTS) is 2. The number of fused-ring (bicyclic) bond motifs is 1. The maximum Gasteiger partial charge on any atom is 0.352 e. The van der Waals surface area contributed by atoms with Crippen molar-refractivity contribution in [2.75, 3.05) is 17.2 Å². The van der Waals surface area contributed by atoms with Gasteiger partial charge in [0.15, 0.2) is 29.8 Å². The van der Waals surface area contributed by atoms with Gasteiger partial charge in [-0.2, -0.15) is 0 Å². The van der Waals surface area contributed by atoms with E-state index in [-0.39, 0.29) is 33.2 Å². The number of oxime groups is 1. The Balaban J connectivity index is 1.56. The fourth-order valence-electron chi connectivity index (χ4n) is 3.64. The summed E-state index contributed by atoms with van der Waals surface area (Å²) in [7, 11) is 0. The number of nitrogens with one attached hydrogen (secondary N) is 1. The van der Waals surface area contributed by atoms with Crippen molar-refractivity contribution in [3.63, 3.8) is 0 Å². The third-order valence-electron chi connectivity index (χ3n) is 5.52. The number of β-lactam (4-membered cyclic amide) rings is 1. The molecule has 1 fully saturated rings. The first kappa shape index (κ1) is 27.2. The van der Waals surface area contributed by atoms with Crippen molar-refractivity contribution in [2.24, 2.45) is 5.16 Å². The summed E-state index contributed by atoms with van der Waals surface area (Å²) in [5.74, 6) is -3.90. The van der Waals surface area contributed by atoms with Crippen LogP contribution in [0.15, 0.2) is 41.0 Å². The molecule has 38 heavy (non-hydrogen) atoms. The van der Waals surface area contributed by atoms with E-state index in [2.05, 4.69) is 15.5 Å². The van der Waals surface area contributed by atoms with Crippen LogP contribution >= 0.6 is 34.7 Å². The minimum Gasteiger partial charge on any atom is -0.478 e. The van der Waals surface area contributed by atoms with Gasteiger partial charge in [-0.25, -0.2) is 19.1 Å². The van der Waals surface area contributed by atoms with Gasteiger partial charge in [-0.15, -0.1) is 11.8 Å². The Morgan fingerprint density at radius 1 is 1.34 bits per heavy atom. The maximum absolute atomic E-state index is 13.1. The number of nitrogens with two attached hydrogens (primary N) is 2. The van der Waals surface area contributed by atoms with Gasteiger partial charge in [0.25, 0.3) is 11.8 Å². The number of carbonyl (C=O) groups excluding carboxylic acids is 2. The highest BCUT2D eigenvalue weighted by Crippen LogP contribution is 2.40. The summed E-state index contributed by atoms with van der Waals surface area (Å²) >= 11 is 8.25. The first-order chi connectivity index (χ1) is 18.0. The standard InChI is InChI=1S/C21H20ClN7O7S2/c1-8(19(32)33)36-27-12(11-15(22)38-21(24)26-11)16(30)25-13-17(31)29-14(20(34)35)9(7-37-18(13)29)6-28-4-2-10(23)3-5-28/h2-5,8,13,18,23H,6-7H2,1H3,(H5,24,25,26,30,32,33,34,35)/p+1/t8-,13?,18?/m0/s1. The van der Waals surface area contributed by atoms with Crippen LogP contribution in [0.2, 0.25) is 4.34 Å². The van der Waals surface area contributed by atoms with E-state index in [1.54, 1.807) is 29.1 Å². The molecule has 1 saturated heterocycles. The lowest BCUT2D eigenvalue weighted by Crippen LogP contribution is -2.71. The summed E-state index contributed by atoms with van der Waals surface area (Å²) in [6, 6.07) is 2.24. The van der Waals surface area contributed by atoms with Crippen molar-refractivity contribution in [3.8, 4) is 0 Å². The van der Waals surface area contributed by atoms with Gasteiger partial charge in [-0.05, 0) is 6.92 Å². The Morgan fingerprint density at radius 2 is 2.03 bits per heavy atom. The Bertz CT molecular complexity index is 1380. The molecule has 0 aromatic carbocycles. The Labute approximate surface area is 227 Å². The average molecular weight is 583 g/mol. The van der Waals surface area contributed by atoms with Crippen LogP contribution in [0.5, 0.6) is 0 Å². The number of carbonyl (C=O) groups is 4. The molecule has 7 N–H and O–H groups in total. The van der Waals surface area contributed by atoms with Crippen molar-refractivity contribution < 1.29 is 38.8 Å². The fourth-order valence-corrected chi connectivity index (χ4v) is 5.90. The van der Waals surface area contributed by atoms with Crippen LogP contribution in [0.3, 0.4) is 0 Å². The Hall–Kier alpha value is -3.89. The van der Waals surface area contributed by atoms with Crippen LogP contribution in [0.25, 0.3) is 0 Å². The molecule has 2 unspecified atom stereocenters. The third-order valence-corrected chi connectivity index (χ3v) is 7.94. The van der Waals surface area contributed by atoms with Gasteiger partial charge in [-0.3, -0.25) is 14.5 Å². The zero-order valence-corrected chi connectivity index (χ0v) is 21.9. The molecule has 200 valence electrons. The molecule has 4 heterocycles. The molecule has 17 heteroatoms. The number of rotatable bonds is 9. The number of thiazole rings is 1. The molecule has 0 aliphatic carbocycles. The van der Waals surface area contributed by atoms with E-state index in [0.717, 1.165) is 16.2 Å². The molecule has 0 spiro atoms. The van der Waals surface area contributed by atoms with Crippen molar-refractivity contribution in [3.05, 3.63) is 45.8 Å². The molecule has 0 saturated carbocycles. The normalized spacial score (nSPS) is 19.9. The monoisotopic (exact) mass is 582 g/mol. The minimum absolute atomic E-state index is 0.00233. The van der Waals surface area contributed by atoms with Crippen molar-refractivity contribution in [1.82, 2.24) is 15.2 Å². The number of hydrogen-bond donors (Lipinski definition) is 5. The smallest absolute Gasteiger partial charge is 0.352 e. The van der Waals surface area contributed by atoms with Crippen LogP contribution in [-0.2, 0) is 30.6 Å².